The highest BCUT2D eigenvalue weighted by Gasteiger charge is 2.42. The van der Waals surface area contributed by atoms with Gasteiger partial charge in [-0.15, -0.1) is 0 Å². The zero-order valence-corrected chi connectivity index (χ0v) is 10.1. The highest BCUT2D eigenvalue weighted by Crippen LogP contribution is 2.48. The van der Waals surface area contributed by atoms with Gasteiger partial charge < -0.3 is 10.1 Å². The number of rotatable bonds is 9. The molecule has 0 atom stereocenters. The predicted molar refractivity (Wildman–Crippen MR) is 63.0 cm³/mol. The lowest BCUT2D eigenvalue weighted by atomic mass is 10.0. The van der Waals surface area contributed by atoms with Gasteiger partial charge in [-0.2, -0.15) is 0 Å². The van der Waals surface area contributed by atoms with Gasteiger partial charge in [0.15, 0.2) is 0 Å². The molecular formula is C13H25NO. The van der Waals surface area contributed by atoms with E-state index in [2.05, 4.69) is 12.2 Å². The zero-order chi connectivity index (χ0) is 10.6. The molecule has 2 fully saturated rings. The molecule has 2 nitrogen and oxygen atoms in total. The number of unbranched alkanes of at least 4 members (excludes halogenated alkanes) is 1. The molecule has 2 aliphatic carbocycles. The molecule has 0 bridgehead atoms. The van der Waals surface area contributed by atoms with Gasteiger partial charge in [-0.05, 0) is 43.9 Å². The summed E-state index contributed by atoms with van der Waals surface area (Å²) >= 11 is 0. The Bertz CT molecular complexity index is 185. The summed E-state index contributed by atoms with van der Waals surface area (Å²) in [6, 6.07) is 0.864. The van der Waals surface area contributed by atoms with Crippen LogP contribution >= 0.6 is 0 Å². The van der Waals surface area contributed by atoms with E-state index < -0.39 is 0 Å². The van der Waals surface area contributed by atoms with Gasteiger partial charge in [0.2, 0.25) is 0 Å². The van der Waals surface area contributed by atoms with E-state index in [1.807, 2.05) is 0 Å². The molecule has 2 saturated carbocycles. The highest BCUT2D eigenvalue weighted by molar-refractivity contribution is 4.96. The van der Waals surface area contributed by atoms with Crippen LogP contribution in [-0.4, -0.2) is 25.8 Å². The maximum Gasteiger partial charge on any atom is 0.0471 e. The fourth-order valence-corrected chi connectivity index (χ4v) is 1.98. The monoisotopic (exact) mass is 211 g/mol. The smallest absolute Gasteiger partial charge is 0.0471 e. The Morgan fingerprint density at radius 2 is 2.07 bits per heavy atom. The molecule has 0 spiro atoms. The Balaban J connectivity index is 1.49. The number of hydrogen-bond acceptors (Lipinski definition) is 2. The first-order chi connectivity index (χ1) is 7.35. The fraction of sp³-hybridized carbons (Fsp3) is 1.00. The molecule has 0 unspecified atom stereocenters. The topological polar surface area (TPSA) is 21.3 Å². The summed E-state index contributed by atoms with van der Waals surface area (Å²) in [6.07, 6.45) is 9.39. The summed E-state index contributed by atoms with van der Waals surface area (Å²) in [5.41, 5.74) is 0.634. The van der Waals surface area contributed by atoms with Crippen LogP contribution in [-0.2, 0) is 4.74 Å². The van der Waals surface area contributed by atoms with Crippen molar-refractivity contribution in [1.29, 1.82) is 0 Å². The van der Waals surface area contributed by atoms with E-state index in [0.717, 1.165) is 19.3 Å². The summed E-state index contributed by atoms with van der Waals surface area (Å²) < 4.78 is 5.64. The van der Waals surface area contributed by atoms with Crippen molar-refractivity contribution in [2.75, 3.05) is 19.8 Å². The second-order valence-corrected chi connectivity index (χ2v) is 5.37. The molecule has 0 saturated heterocycles. The molecule has 0 heterocycles. The van der Waals surface area contributed by atoms with Crippen LogP contribution in [0.2, 0.25) is 0 Å². The third kappa shape index (κ3) is 4.12. The van der Waals surface area contributed by atoms with Crippen LogP contribution in [0.25, 0.3) is 0 Å². The Morgan fingerprint density at radius 1 is 1.27 bits per heavy atom. The maximum atomic E-state index is 5.64. The molecule has 2 aliphatic rings. The van der Waals surface area contributed by atoms with Crippen molar-refractivity contribution in [1.82, 2.24) is 5.32 Å². The van der Waals surface area contributed by atoms with E-state index in [1.54, 1.807) is 0 Å². The number of ether oxygens (including phenoxy) is 1. The summed E-state index contributed by atoms with van der Waals surface area (Å²) in [4.78, 5) is 0. The molecule has 0 amide bonds. The van der Waals surface area contributed by atoms with E-state index in [-0.39, 0.29) is 0 Å². The van der Waals surface area contributed by atoms with Crippen LogP contribution in [0.3, 0.4) is 0 Å². The van der Waals surface area contributed by atoms with Crippen molar-refractivity contribution < 1.29 is 4.74 Å². The third-order valence-corrected chi connectivity index (χ3v) is 3.72. The second kappa shape index (κ2) is 5.31. The summed E-state index contributed by atoms with van der Waals surface area (Å²) in [5.74, 6) is 0. The zero-order valence-electron chi connectivity index (χ0n) is 10.1. The molecule has 2 heteroatoms. The molecule has 0 aliphatic heterocycles. The SMILES string of the molecule is CCCCOCCC1(CNC2CC2)CC1. The van der Waals surface area contributed by atoms with Crippen LogP contribution in [0.15, 0.2) is 0 Å². The van der Waals surface area contributed by atoms with E-state index >= 15 is 0 Å². The van der Waals surface area contributed by atoms with Crippen molar-refractivity contribution in [2.45, 2.75) is 57.9 Å². The number of hydrogen-bond donors (Lipinski definition) is 1. The van der Waals surface area contributed by atoms with Gasteiger partial charge in [-0.3, -0.25) is 0 Å². The van der Waals surface area contributed by atoms with E-state index in [9.17, 15) is 0 Å². The third-order valence-electron chi connectivity index (χ3n) is 3.72. The van der Waals surface area contributed by atoms with Crippen LogP contribution < -0.4 is 5.32 Å². The van der Waals surface area contributed by atoms with Gasteiger partial charge in [0.25, 0.3) is 0 Å². The Morgan fingerprint density at radius 3 is 2.67 bits per heavy atom. The van der Waals surface area contributed by atoms with Gasteiger partial charge in [-0.25, -0.2) is 0 Å². The van der Waals surface area contributed by atoms with Crippen molar-refractivity contribution in [3.8, 4) is 0 Å². The normalized spacial score (nSPS) is 23.0. The minimum absolute atomic E-state index is 0.634. The Hall–Kier alpha value is -0.0800. The van der Waals surface area contributed by atoms with E-state index in [1.165, 1.54) is 51.5 Å². The van der Waals surface area contributed by atoms with Gasteiger partial charge >= 0.3 is 0 Å². The molecule has 0 radical (unpaired) electrons. The van der Waals surface area contributed by atoms with Gasteiger partial charge in [0, 0.05) is 25.8 Å². The minimum Gasteiger partial charge on any atom is -0.381 e. The predicted octanol–water partition coefficient (Wildman–Crippen LogP) is 2.73. The minimum atomic E-state index is 0.634. The summed E-state index contributed by atoms with van der Waals surface area (Å²) in [7, 11) is 0. The summed E-state index contributed by atoms with van der Waals surface area (Å²) in [6.45, 7) is 5.40. The molecule has 88 valence electrons. The Labute approximate surface area is 93.8 Å². The first-order valence-corrected chi connectivity index (χ1v) is 6.66. The quantitative estimate of drug-likeness (QED) is 0.592. The second-order valence-electron chi connectivity index (χ2n) is 5.37. The fourth-order valence-electron chi connectivity index (χ4n) is 1.98. The van der Waals surface area contributed by atoms with Crippen LogP contribution in [0, 0.1) is 5.41 Å². The lowest BCUT2D eigenvalue weighted by Crippen LogP contribution is -2.26. The molecule has 15 heavy (non-hydrogen) atoms. The molecule has 1 N–H and O–H groups in total. The van der Waals surface area contributed by atoms with E-state index in [0.29, 0.717) is 5.41 Å². The molecule has 0 aromatic carbocycles. The lowest BCUT2D eigenvalue weighted by molar-refractivity contribution is 0.113. The Kier molecular flexibility index (Phi) is 4.04. The largest absolute Gasteiger partial charge is 0.381 e. The van der Waals surface area contributed by atoms with Crippen LogP contribution in [0.5, 0.6) is 0 Å². The van der Waals surface area contributed by atoms with Gasteiger partial charge in [0.1, 0.15) is 0 Å². The number of nitrogens with one attached hydrogen (secondary N) is 1. The molecule has 0 aromatic rings. The molecule has 2 rings (SSSR count). The molecule has 0 aromatic heterocycles. The maximum absolute atomic E-state index is 5.64. The summed E-state index contributed by atoms with van der Waals surface area (Å²) in [5, 5.41) is 3.66. The average Bonchev–Trinajstić information content (AvgIpc) is 3.12. The lowest BCUT2D eigenvalue weighted by Gasteiger charge is -2.15. The average molecular weight is 211 g/mol. The standard InChI is InChI=1S/C13H25NO/c1-2-3-9-15-10-8-13(6-7-13)11-14-12-4-5-12/h12,14H,2-11H2,1H3. The van der Waals surface area contributed by atoms with Gasteiger partial charge in [-0.1, -0.05) is 13.3 Å². The van der Waals surface area contributed by atoms with Crippen LogP contribution in [0.1, 0.15) is 51.9 Å². The first kappa shape index (κ1) is 11.4. The van der Waals surface area contributed by atoms with Crippen LogP contribution in [0.4, 0.5) is 0 Å². The van der Waals surface area contributed by atoms with E-state index in [4.69, 9.17) is 4.74 Å². The van der Waals surface area contributed by atoms with Crippen molar-refractivity contribution in [2.24, 2.45) is 5.41 Å². The highest BCUT2D eigenvalue weighted by atomic mass is 16.5. The van der Waals surface area contributed by atoms with Gasteiger partial charge in [0.05, 0.1) is 0 Å². The first-order valence-electron chi connectivity index (χ1n) is 6.66. The van der Waals surface area contributed by atoms with Crippen molar-refractivity contribution >= 4 is 0 Å². The molecular weight excluding hydrogens is 186 g/mol. The van der Waals surface area contributed by atoms with Crippen molar-refractivity contribution in [3.63, 3.8) is 0 Å². The van der Waals surface area contributed by atoms with Crippen molar-refractivity contribution in [3.05, 3.63) is 0 Å².